The van der Waals surface area contributed by atoms with E-state index in [1.54, 1.807) is 13.0 Å². The fourth-order valence-electron chi connectivity index (χ4n) is 2.97. The van der Waals surface area contributed by atoms with Crippen molar-refractivity contribution in [2.24, 2.45) is 0 Å². The Labute approximate surface area is 130 Å². The van der Waals surface area contributed by atoms with Gasteiger partial charge in [0.15, 0.2) is 6.04 Å². The minimum absolute atomic E-state index is 0.0392. The zero-order chi connectivity index (χ0) is 16.1. The Morgan fingerprint density at radius 3 is 2.64 bits per heavy atom. The lowest BCUT2D eigenvalue weighted by atomic mass is 9.95. The highest BCUT2D eigenvalue weighted by molar-refractivity contribution is 5.94. The van der Waals surface area contributed by atoms with Crippen LogP contribution in [0.1, 0.15) is 44.6 Å². The molecule has 1 atom stereocenters. The van der Waals surface area contributed by atoms with Gasteiger partial charge in [0.05, 0.1) is 11.0 Å². The molecule has 0 spiro atoms. The van der Waals surface area contributed by atoms with Gasteiger partial charge in [-0.05, 0) is 51.2 Å². The number of rotatable bonds is 5. The van der Waals surface area contributed by atoms with Crippen LogP contribution in [0, 0.1) is 17.0 Å². The third-order valence-corrected chi connectivity index (χ3v) is 4.30. The van der Waals surface area contributed by atoms with E-state index in [2.05, 4.69) is 10.6 Å². The predicted octanol–water partition coefficient (Wildman–Crippen LogP) is 2.13. The van der Waals surface area contributed by atoms with Crippen LogP contribution in [0.5, 0.6) is 0 Å². The van der Waals surface area contributed by atoms with Crippen molar-refractivity contribution in [3.05, 3.63) is 33.9 Å². The van der Waals surface area contributed by atoms with E-state index in [9.17, 15) is 14.9 Å². The van der Waals surface area contributed by atoms with Crippen molar-refractivity contribution in [2.45, 2.75) is 58.0 Å². The van der Waals surface area contributed by atoms with E-state index in [1.165, 1.54) is 44.2 Å². The topological polar surface area (TPSA) is 88.9 Å². The van der Waals surface area contributed by atoms with Gasteiger partial charge >= 0.3 is 0 Å². The summed E-state index contributed by atoms with van der Waals surface area (Å²) in [4.78, 5) is 22.6. The van der Waals surface area contributed by atoms with Crippen molar-refractivity contribution < 1.29 is 15.0 Å². The van der Waals surface area contributed by atoms with Crippen LogP contribution >= 0.6 is 0 Å². The lowest BCUT2D eigenvalue weighted by Gasteiger charge is -2.23. The molecular weight excluding hydrogens is 282 g/mol. The molecule has 3 N–H and O–H groups in total. The van der Waals surface area contributed by atoms with Crippen molar-refractivity contribution >= 4 is 17.3 Å². The Hall–Kier alpha value is -1.95. The zero-order valence-electron chi connectivity index (χ0n) is 13.2. The van der Waals surface area contributed by atoms with Gasteiger partial charge in [-0.15, -0.1) is 0 Å². The molecule has 0 heterocycles. The summed E-state index contributed by atoms with van der Waals surface area (Å²) in [6, 6.07) is 4.87. The van der Waals surface area contributed by atoms with Crippen molar-refractivity contribution in [3.8, 4) is 0 Å². The van der Waals surface area contributed by atoms with Gasteiger partial charge in [0.1, 0.15) is 0 Å². The molecule has 1 aromatic rings. The molecule has 1 aliphatic carbocycles. The van der Waals surface area contributed by atoms with Crippen molar-refractivity contribution in [3.63, 3.8) is 0 Å². The van der Waals surface area contributed by atoms with Crippen LogP contribution in [-0.4, -0.2) is 22.9 Å². The molecule has 22 heavy (non-hydrogen) atoms. The van der Waals surface area contributed by atoms with Crippen molar-refractivity contribution in [1.82, 2.24) is 0 Å². The normalized spacial score (nSPS) is 17.0. The van der Waals surface area contributed by atoms with E-state index in [0.717, 1.165) is 0 Å². The summed E-state index contributed by atoms with van der Waals surface area (Å²) < 4.78 is 0. The lowest BCUT2D eigenvalue weighted by molar-refractivity contribution is -0.708. The van der Waals surface area contributed by atoms with Gasteiger partial charge in [0.25, 0.3) is 11.6 Å². The highest BCUT2D eigenvalue weighted by Gasteiger charge is 2.24. The van der Waals surface area contributed by atoms with Gasteiger partial charge in [0, 0.05) is 17.8 Å². The van der Waals surface area contributed by atoms with Gasteiger partial charge in [-0.3, -0.25) is 14.9 Å². The summed E-state index contributed by atoms with van der Waals surface area (Å²) in [6.07, 6.45) is 6.14. The number of non-ortho nitro benzene ring substituents is 1. The molecule has 1 saturated carbocycles. The number of nitrogens with one attached hydrogen (secondary N) is 1. The van der Waals surface area contributed by atoms with E-state index < -0.39 is 4.92 Å². The van der Waals surface area contributed by atoms with Gasteiger partial charge in [0.2, 0.25) is 0 Å². The third kappa shape index (κ3) is 4.27. The molecule has 0 unspecified atom stereocenters. The first-order chi connectivity index (χ1) is 10.5. The van der Waals surface area contributed by atoms with Gasteiger partial charge < -0.3 is 10.6 Å². The molecule has 0 aromatic heterocycles. The van der Waals surface area contributed by atoms with Crippen LogP contribution < -0.4 is 10.6 Å². The first-order valence-corrected chi connectivity index (χ1v) is 7.88. The number of nitrogens with two attached hydrogens (primary N) is 1. The Bertz CT molecular complexity index is 554. The SMILES string of the molecule is Cc1cc([N+](=O)[O-])ccc1NC(=O)[C@H](C)[NH2+]C1CCCCC1. The molecule has 6 heteroatoms. The van der Waals surface area contributed by atoms with Crippen LogP contribution in [-0.2, 0) is 4.79 Å². The Morgan fingerprint density at radius 1 is 1.36 bits per heavy atom. The Morgan fingerprint density at radius 2 is 2.05 bits per heavy atom. The average molecular weight is 306 g/mol. The second kappa shape index (κ2) is 7.35. The number of amides is 1. The minimum Gasteiger partial charge on any atom is -0.334 e. The highest BCUT2D eigenvalue weighted by atomic mass is 16.6. The second-order valence-electron chi connectivity index (χ2n) is 6.12. The predicted molar refractivity (Wildman–Crippen MR) is 84.7 cm³/mol. The summed E-state index contributed by atoms with van der Waals surface area (Å²) in [7, 11) is 0. The van der Waals surface area contributed by atoms with E-state index in [-0.39, 0.29) is 17.6 Å². The number of hydrogen-bond acceptors (Lipinski definition) is 3. The van der Waals surface area contributed by atoms with Crippen molar-refractivity contribution in [2.75, 3.05) is 5.32 Å². The number of anilines is 1. The first-order valence-electron chi connectivity index (χ1n) is 7.88. The average Bonchev–Trinajstić information content (AvgIpc) is 2.50. The molecule has 1 aliphatic rings. The van der Waals surface area contributed by atoms with E-state index in [0.29, 0.717) is 17.3 Å². The number of quaternary nitrogens is 1. The fraction of sp³-hybridized carbons (Fsp3) is 0.562. The molecule has 6 nitrogen and oxygen atoms in total. The monoisotopic (exact) mass is 306 g/mol. The van der Waals surface area contributed by atoms with E-state index in [4.69, 9.17) is 0 Å². The second-order valence-corrected chi connectivity index (χ2v) is 6.12. The molecule has 0 bridgehead atoms. The Balaban J connectivity index is 1.94. The maximum absolute atomic E-state index is 12.3. The number of aryl methyl sites for hydroxylation is 1. The van der Waals surface area contributed by atoms with Crippen LogP contribution in [0.25, 0.3) is 0 Å². The Kier molecular flexibility index (Phi) is 5.49. The van der Waals surface area contributed by atoms with Crippen LogP contribution in [0.4, 0.5) is 11.4 Å². The highest BCUT2D eigenvalue weighted by Crippen LogP contribution is 2.21. The number of hydrogen-bond donors (Lipinski definition) is 2. The minimum atomic E-state index is -0.432. The molecule has 0 aliphatic heterocycles. The molecule has 0 radical (unpaired) electrons. The largest absolute Gasteiger partial charge is 0.334 e. The van der Waals surface area contributed by atoms with Crippen LogP contribution in [0.15, 0.2) is 18.2 Å². The van der Waals surface area contributed by atoms with Gasteiger partial charge in [-0.25, -0.2) is 0 Å². The van der Waals surface area contributed by atoms with E-state index in [1.807, 2.05) is 6.92 Å². The molecule has 1 amide bonds. The molecule has 1 aromatic carbocycles. The number of carbonyl (C=O) groups is 1. The summed E-state index contributed by atoms with van der Waals surface area (Å²) in [5.41, 5.74) is 1.38. The van der Waals surface area contributed by atoms with Crippen LogP contribution in [0.3, 0.4) is 0 Å². The fourth-order valence-corrected chi connectivity index (χ4v) is 2.97. The molecular formula is C16H24N3O3+. The summed E-state index contributed by atoms with van der Waals surface area (Å²) in [5, 5.41) is 15.8. The molecule has 120 valence electrons. The van der Waals surface area contributed by atoms with Gasteiger partial charge in [-0.2, -0.15) is 0 Å². The molecule has 0 saturated heterocycles. The number of carbonyl (C=O) groups excluding carboxylic acids is 1. The van der Waals surface area contributed by atoms with Crippen LogP contribution in [0.2, 0.25) is 0 Å². The maximum atomic E-state index is 12.3. The van der Waals surface area contributed by atoms with E-state index >= 15 is 0 Å². The quantitative estimate of drug-likeness (QED) is 0.645. The van der Waals surface area contributed by atoms with Crippen molar-refractivity contribution in [1.29, 1.82) is 0 Å². The summed E-state index contributed by atoms with van der Waals surface area (Å²) in [6.45, 7) is 3.67. The number of benzene rings is 1. The summed E-state index contributed by atoms with van der Waals surface area (Å²) >= 11 is 0. The zero-order valence-corrected chi connectivity index (χ0v) is 13.2. The smallest absolute Gasteiger partial charge is 0.282 e. The molecule has 2 rings (SSSR count). The standard InChI is InChI=1S/C16H23N3O3/c1-11-10-14(19(21)22)8-9-15(11)18-16(20)12(2)17-13-6-4-3-5-7-13/h8-10,12-13,17H,3-7H2,1-2H3,(H,18,20)/p+1/t12-/m0/s1. The summed E-state index contributed by atoms with van der Waals surface area (Å²) in [5.74, 6) is -0.0532. The number of nitro groups is 1. The lowest BCUT2D eigenvalue weighted by Crippen LogP contribution is -2.96. The maximum Gasteiger partial charge on any atom is 0.282 e. The number of nitrogens with zero attached hydrogens (tertiary/aromatic N) is 1. The number of nitro benzene ring substituents is 1. The van der Waals surface area contributed by atoms with Gasteiger partial charge in [-0.1, -0.05) is 6.42 Å². The first kappa shape index (κ1) is 16.4. The third-order valence-electron chi connectivity index (χ3n) is 4.30. The molecule has 1 fully saturated rings.